The SMILES string of the molecule is CC(C(F)(F)F)C(F)(F)C(F)(F)C(F)(F)C(F)(F)F. The molecule has 0 aliphatic carbocycles. The van der Waals surface area contributed by atoms with E-state index in [1.807, 2.05) is 0 Å². The van der Waals surface area contributed by atoms with Crippen LogP contribution in [0.2, 0.25) is 0 Å². The third-order valence-electron chi connectivity index (χ3n) is 2.20. The zero-order chi connectivity index (χ0) is 16.1. The van der Waals surface area contributed by atoms with Crippen LogP contribution in [0, 0.1) is 5.92 Å². The van der Waals surface area contributed by atoms with Crippen LogP contribution in [0.15, 0.2) is 0 Å². The molecule has 0 fully saturated rings. The molecule has 0 aromatic heterocycles. The summed E-state index contributed by atoms with van der Waals surface area (Å²) in [5.41, 5.74) is 0. The minimum atomic E-state index is -7.32. The standard InChI is InChI=1S/C7H4F12/c1-2(4(10,11)12)3(8,9)5(13,14)6(15,16)7(17,18)19/h2H,1H3. The van der Waals surface area contributed by atoms with Gasteiger partial charge in [-0.05, 0) is 6.92 Å². The Labute approximate surface area is 96.9 Å². The van der Waals surface area contributed by atoms with Gasteiger partial charge in [0.1, 0.15) is 5.92 Å². The van der Waals surface area contributed by atoms with Gasteiger partial charge in [-0.3, -0.25) is 0 Å². The van der Waals surface area contributed by atoms with Gasteiger partial charge < -0.3 is 0 Å². The second-order valence-corrected chi connectivity index (χ2v) is 3.53. The summed E-state index contributed by atoms with van der Waals surface area (Å²) in [5, 5.41) is 0. The highest BCUT2D eigenvalue weighted by Gasteiger charge is 2.84. The average Bonchev–Trinajstić information content (AvgIpc) is 2.12. The zero-order valence-corrected chi connectivity index (χ0v) is 8.61. The van der Waals surface area contributed by atoms with Gasteiger partial charge in [-0.25, -0.2) is 0 Å². The van der Waals surface area contributed by atoms with Gasteiger partial charge in [0.2, 0.25) is 0 Å². The van der Waals surface area contributed by atoms with Crippen LogP contribution in [0.1, 0.15) is 6.92 Å². The Morgan fingerprint density at radius 3 is 1.11 bits per heavy atom. The van der Waals surface area contributed by atoms with E-state index in [0.29, 0.717) is 0 Å². The summed E-state index contributed by atoms with van der Waals surface area (Å²) in [6, 6.07) is 0. The topological polar surface area (TPSA) is 0 Å². The molecule has 0 spiro atoms. The van der Waals surface area contributed by atoms with Gasteiger partial charge in [0, 0.05) is 0 Å². The van der Waals surface area contributed by atoms with Crippen LogP contribution >= 0.6 is 0 Å². The van der Waals surface area contributed by atoms with E-state index in [2.05, 4.69) is 0 Å². The molecule has 0 aliphatic rings. The maximum Gasteiger partial charge on any atom is 0.460 e. The van der Waals surface area contributed by atoms with Crippen molar-refractivity contribution in [2.45, 2.75) is 37.0 Å². The van der Waals surface area contributed by atoms with Crippen molar-refractivity contribution in [3.63, 3.8) is 0 Å². The minimum absolute atomic E-state index is 0.625. The fourth-order valence-corrected chi connectivity index (χ4v) is 0.865. The molecule has 0 N–H and O–H groups in total. The molecule has 0 aromatic rings. The average molecular weight is 316 g/mol. The van der Waals surface area contributed by atoms with Gasteiger partial charge in [-0.1, -0.05) is 0 Å². The molecule has 0 rings (SSSR count). The van der Waals surface area contributed by atoms with E-state index in [4.69, 9.17) is 0 Å². The Bertz CT molecular complexity index is 320. The minimum Gasteiger partial charge on any atom is -0.199 e. The first kappa shape index (κ1) is 18.2. The van der Waals surface area contributed by atoms with Crippen molar-refractivity contribution in [2.75, 3.05) is 0 Å². The Morgan fingerprint density at radius 2 is 0.895 bits per heavy atom. The summed E-state index contributed by atoms with van der Waals surface area (Å²) < 4.78 is 145. The zero-order valence-electron chi connectivity index (χ0n) is 8.61. The number of hydrogen-bond acceptors (Lipinski definition) is 0. The Kier molecular flexibility index (Phi) is 4.14. The molecular weight excluding hydrogens is 312 g/mol. The van der Waals surface area contributed by atoms with Crippen molar-refractivity contribution in [1.29, 1.82) is 0 Å². The number of halogens is 12. The van der Waals surface area contributed by atoms with Crippen LogP contribution in [-0.2, 0) is 0 Å². The summed E-state index contributed by atoms with van der Waals surface area (Å²) in [7, 11) is 0. The lowest BCUT2D eigenvalue weighted by Crippen LogP contribution is -2.64. The molecule has 1 atom stereocenters. The predicted molar refractivity (Wildman–Crippen MR) is 36.1 cm³/mol. The first-order valence-corrected chi connectivity index (χ1v) is 4.17. The van der Waals surface area contributed by atoms with Crippen LogP contribution in [0.5, 0.6) is 0 Å². The summed E-state index contributed by atoms with van der Waals surface area (Å²) in [6.45, 7) is -0.625. The van der Waals surface area contributed by atoms with Gasteiger partial charge in [0.15, 0.2) is 0 Å². The van der Waals surface area contributed by atoms with Crippen LogP contribution < -0.4 is 0 Å². The first-order chi connectivity index (χ1) is 7.90. The molecule has 19 heavy (non-hydrogen) atoms. The summed E-state index contributed by atoms with van der Waals surface area (Å²) in [6.07, 6.45) is -13.2. The molecular formula is C7H4F12. The molecule has 1 unspecified atom stereocenters. The first-order valence-electron chi connectivity index (χ1n) is 4.17. The molecule has 0 aliphatic heterocycles. The van der Waals surface area contributed by atoms with Crippen molar-refractivity contribution in [3.8, 4) is 0 Å². The highest BCUT2D eigenvalue weighted by molar-refractivity contribution is 5.03. The smallest absolute Gasteiger partial charge is 0.199 e. The van der Waals surface area contributed by atoms with E-state index >= 15 is 0 Å². The van der Waals surface area contributed by atoms with Gasteiger partial charge in [0.25, 0.3) is 0 Å². The Morgan fingerprint density at radius 1 is 0.579 bits per heavy atom. The van der Waals surface area contributed by atoms with E-state index in [9.17, 15) is 52.7 Å². The third-order valence-corrected chi connectivity index (χ3v) is 2.20. The second kappa shape index (κ2) is 4.33. The van der Waals surface area contributed by atoms with Crippen molar-refractivity contribution in [2.24, 2.45) is 5.92 Å². The highest BCUT2D eigenvalue weighted by Crippen LogP contribution is 2.57. The van der Waals surface area contributed by atoms with Crippen LogP contribution in [0.25, 0.3) is 0 Å². The molecule has 0 heterocycles. The van der Waals surface area contributed by atoms with Gasteiger partial charge in [-0.15, -0.1) is 0 Å². The number of alkyl halides is 12. The van der Waals surface area contributed by atoms with Crippen molar-refractivity contribution in [3.05, 3.63) is 0 Å². The van der Waals surface area contributed by atoms with E-state index in [-0.39, 0.29) is 0 Å². The Hall–Kier alpha value is -0.840. The predicted octanol–water partition coefficient (Wildman–Crippen LogP) is 4.65. The maximum absolute atomic E-state index is 12.7. The second-order valence-electron chi connectivity index (χ2n) is 3.53. The monoisotopic (exact) mass is 316 g/mol. The number of hydrogen-bond donors (Lipinski definition) is 0. The number of rotatable bonds is 3. The molecule has 0 saturated heterocycles. The Balaban J connectivity index is 5.78. The lowest BCUT2D eigenvalue weighted by molar-refractivity contribution is -0.413. The fraction of sp³-hybridized carbons (Fsp3) is 1.00. The molecule has 12 heteroatoms. The largest absolute Gasteiger partial charge is 0.460 e. The van der Waals surface area contributed by atoms with Crippen LogP contribution in [-0.4, -0.2) is 30.1 Å². The lowest BCUT2D eigenvalue weighted by Gasteiger charge is -2.36. The van der Waals surface area contributed by atoms with Gasteiger partial charge in [0.05, 0.1) is 0 Å². The van der Waals surface area contributed by atoms with E-state index in [1.54, 1.807) is 0 Å². The quantitative estimate of drug-likeness (QED) is 0.665. The van der Waals surface area contributed by atoms with Crippen molar-refractivity contribution >= 4 is 0 Å². The van der Waals surface area contributed by atoms with Crippen LogP contribution in [0.4, 0.5) is 52.7 Å². The lowest BCUT2D eigenvalue weighted by atomic mass is 9.92. The van der Waals surface area contributed by atoms with Crippen molar-refractivity contribution in [1.82, 2.24) is 0 Å². The van der Waals surface area contributed by atoms with Crippen molar-refractivity contribution < 1.29 is 52.7 Å². The molecule has 116 valence electrons. The molecule has 0 saturated carbocycles. The molecule has 0 nitrogen and oxygen atoms in total. The molecule has 0 amide bonds. The summed E-state index contributed by atoms with van der Waals surface area (Å²) in [5.74, 6) is -25.6. The maximum atomic E-state index is 12.7. The fourth-order valence-electron chi connectivity index (χ4n) is 0.865. The van der Waals surface area contributed by atoms with E-state index in [0.717, 1.165) is 0 Å². The highest BCUT2D eigenvalue weighted by atomic mass is 19.4. The van der Waals surface area contributed by atoms with Gasteiger partial charge in [-0.2, -0.15) is 52.7 Å². The van der Waals surface area contributed by atoms with Crippen LogP contribution in [0.3, 0.4) is 0 Å². The molecule has 0 aromatic carbocycles. The van der Waals surface area contributed by atoms with E-state index in [1.165, 1.54) is 0 Å². The molecule has 0 bridgehead atoms. The molecule has 0 radical (unpaired) electrons. The van der Waals surface area contributed by atoms with E-state index < -0.39 is 43.0 Å². The third kappa shape index (κ3) is 2.71. The summed E-state index contributed by atoms with van der Waals surface area (Å²) >= 11 is 0. The van der Waals surface area contributed by atoms with Gasteiger partial charge >= 0.3 is 30.1 Å². The summed E-state index contributed by atoms with van der Waals surface area (Å²) in [4.78, 5) is 0. The normalized spacial score (nSPS) is 17.5.